The maximum Gasteiger partial charge on any atom is 0.241 e. The summed E-state index contributed by atoms with van der Waals surface area (Å²) < 4.78 is 53.5. The van der Waals surface area contributed by atoms with Crippen molar-refractivity contribution in [3.63, 3.8) is 0 Å². The first kappa shape index (κ1) is 25.2. The molecule has 0 radical (unpaired) electrons. The zero-order chi connectivity index (χ0) is 23.3. The predicted molar refractivity (Wildman–Crippen MR) is 116 cm³/mol. The van der Waals surface area contributed by atoms with Crippen LogP contribution in [0, 0.1) is 17.6 Å². The number of anilines is 2. The molecule has 0 spiro atoms. The molecule has 1 heterocycles. The highest BCUT2D eigenvalue weighted by Crippen LogP contribution is 2.27. The minimum atomic E-state index is -3.67. The van der Waals surface area contributed by atoms with Crippen LogP contribution in [-0.2, 0) is 16.4 Å². The van der Waals surface area contributed by atoms with E-state index < -0.39 is 27.6 Å². The first-order chi connectivity index (χ1) is 14.4. The van der Waals surface area contributed by atoms with E-state index in [9.17, 15) is 22.3 Å². The van der Waals surface area contributed by atoms with Gasteiger partial charge < -0.3 is 10.4 Å². The van der Waals surface area contributed by atoms with E-state index >= 15 is 0 Å². The Balaban J connectivity index is 2.36. The molecule has 0 saturated carbocycles. The Labute approximate surface area is 185 Å². The molecule has 31 heavy (non-hydrogen) atoms. The molecule has 172 valence electrons. The lowest BCUT2D eigenvalue weighted by Crippen LogP contribution is -2.27. The highest BCUT2D eigenvalue weighted by Gasteiger charge is 2.19. The average molecular weight is 478 g/mol. The van der Waals surface area contributed by atoms with Crippen LogP contribution >= 0.6 is 11.6 Å². The van der Waals surface area contributed by atoms with Crippen molar-refractivity contribution in [3.8, 4) is 0 Å². The minimum Gasteiger partial charge on any atom is -0.394 e. The van der Waals surface area contributed by atoms with Gasteiger partial charge in [0.05, 0.1) is 23.9 Å². The van der Waals surface area contributed by atoms with Crippen molar-refractivity contribution in [3.05, 3.63) is 40.2 Å². The summed E-state index contributed by atoms with van der Waals surface area (Å²) in [5.41, 5.74) is 0.0856. The van der Waals surface area contributed by atoms with E-state index in [0.29, 0.717) is 6.42 Å². The van der Waals surface area contributed by atoms with Crippen LogP contribution in [0.2, 0.25) is 5.02 Å². The number of aliphatic hydroxyl groups excluding tert-OH is 1. The van der Waals surface area contributed by atoms with Crippen molar-refractivity contribution in [1.82, 2.24) is 15.0 Å². The molecular formula is C19H26ClF2N5O3S. The van der Waals surface area contributed by atoms with E-state index in [2.05, 4.69) is 25.0 Å². The standard InChI is InChI=1S/C19H26ClF2N5O3S/c1-10(2)5-12(9-28)23-18-24-17(25-19(26-18)27-31(4,29)30)6-11(3)13-7-16(22)14(20)8-15(13)21/h7-8,10-12,28H,5-6,9H2,1-4H3,(H2,23,24,25,26,27)/t11-,12-/m1/s1. The van der Waals surface area contributed by atoms with Gasteiger partial charge in [-0.15, -0.1) is 0 Å². The predicted octanol–water partition coefficient (Wildman–Crippen LogP) is 3.34. The molecule has 0 amide bonds. The summed E-state index contributed by atoms with van der Waals surface area (Å²) in [6.45, 7) is 5.45. The third-order valence-electron chi connectivity index (χ3n) is 4.33. The molecule has 2 rings (SSSR count). The quantitative estimate of drug-likeness (QED) is 0.449. The van der Waals surface area contributed by atoms with Gasteiger partial charge >= 0.3 is 0 Å². The van der Waals surface area contributed by atoms with Gasteiger partial charge in [-0.05, 0) is 36.0 Å². The van der Waals surface area contributed by atoms with Crippen molar-refractivity contribution >= 4 is 33.5 Å². The largest absolute Gasteiger partial charge is 0.394 e. The van der Waals surface area contributed by atoms with Gasteiger partial charge in [0.15, 0.2) is 0 Å². The Morgan fingerprint density at radius 1 is 1.10 bits per heavy atom. The number of sulfonamides is 1. The first-order valence-electron chi connectivity index (χ1n) is 9.62. The molecule has 2 aromatic rings. The third kappa shape index (κ3) is 7.82. The number of aromatic nitrogens is 3. The van der Waals surface area contributed by atoms with Crippen molar-refractivity contribution in [2.75, 3.05) is 22.9 Å². The summed E-state index contributed by atoms with van der Waals surface area (Å²) in [7, 11) is -3.67. The normalized spacial score (nSPS) is 13.8. The van der Waals surface area contributed by atoms with E-state index in [-0.39, 0.29) is 53.3 Å². The lowest BCUT2D eigenvalue weighted by Gasteiger charge is -2.19. The fraction of sp³-hybridized carbons (Fsp3) is 0.526. The van der Waals surface area contributed by atoms with Gasteiger partial charge in [-0.25, -0.2) is 17.2 Å². The monoisotopic (exact) mass is 477 g/mol. The molecule has 2 atom stereocenters. The van der Waals surface area contributed by atoms with E-state index in [1.54, 1.807) is 6.92 Å². The van der Waals surface area contributed by atoms with Crippen molar-refractivity contribution < 1.29 is 22.3 Å². The van der Waals surface area contributed by atoms with Gasteiger partial charge in [0.1, 0.15) is 17.5 Å². The fourth-order valence-corrected chi connectivity index (χ4v) is 3.59. The Bertz CT molecular complexity index is 1020. The molecule has 0 fully saturated rings. The van der Waals surface area contributed by atoms with Crippen LogP contribution in [0.5, 0.6) is 0 Å². The number of nitrogens with zero attached hydrogens (tertiary/aromatic N) is 3. The van der Waals surface area contributed by atoms with Gasteiger partial charge in [-0.1, -0.05) is 32.4 Å². The molecule has 0 aliphatic heterocycles. The Hall–Kier alpha value is -2.11. The van der Waals surface area contributed by atoms with Crippen LogP contribution in [0.4, 0.5) is 20.7 Å². The Kier molecular flexibility index (Phi) is 8.49. The van der Waals surface area contributed by atoms with E-state index in [0.717, 1.165) is 18.4 Å². The number of hydrogen-bond donors (Lipinski definition) is 3. The van der Waals surface area contributed by atoms with Crippen LogP contribution in [0.1, 0.15) is 44.5 Å². The maximum atomic E-state index is 14.3. The molecule has 1 aromatic heterocycles. The topological polar surface area (TPSA) is 117 Å². The number of nitrogens with one attached hydrogen (secondary N) is 2. The van der Waals surface area contributed by atoms with Crippen molar-refractivity contribution in [2.45, 2.75) is 45.6 Å². The lowest BCUT2D eigenvalue weighted by atomic mass is 9.97. The van der Waals surface area contributed by atoms with Gasteiger partial charge in [0.2, 0.25) is 21.9 Å². The molecule has 0 bridgehead atoms. The fourth-order valence-electron chi connectivity index (χ4n) is 3.02. The van der Waals surface area contributed by atoms with Gasteiger partial charge in [-0.2, -0.15) is 15.0 Å². The maximum absolute atomic E-state index is 14.3. The molecular weight excluding hydrogens is 452 g/mol. The first-order valence-corrected chi connectivity index (χ1v) is 11.9. The number of hydrogen-bond acceptors (Lipinski definition) is 7. The number of aliphatic hydroxyl groups is 1. The van der Waals surface area contributed by atoms with Crippen LogP contribution < -0.4 is 10.0 Å². The van der Waals surface area contributed by atoms with Crippen LogP contribution in [0.15, 0.2) is 12.1 Å². The highest BCUT2D eigenvalue weighted by atomic mass is 35.5. The lowest BCUT2D eigenvalue weighted by molar-refractivity contribution is 0.259. The molecule has 12 heteroatoms. The summed E-state index contributed by atoms with van der Waals surface area (Å²) >= 11 is 5.61. The zero-order valence-electron chi connectivity index (χ0n) is 17.7. The second kappa shape index (κ2) is 10.5. The van der Waals surface area contributed by atoms with E-state index in [1.165, 1.54) is 0 Å². The van der Waals surface area contributed by atoms with Crippen LogP contribution in [0.25, 0.3) is 0 Å². The summed E-state index contributed by atoms with van der Waals surface area (Å²) in [6.07, 6.45) is 1.65. The van der Waals surface area contributed by atoms with Crippen LogP contribution in [-0.4, -0.2) is 47.4 Å². The molecule has 1 aromatic carbocycles. The summed E-state index contributed by atoms with van der Waals surface area (Å²) in [5.74, 6) is -1.68. The number of halogens is 3. The van der Waals surface area contributed by atoms with Gasteiger partial charge in [-0.3, -0.25) is 4.72 Å². The molecule has 3 N–H and O–H groups in total. The van der Waals surface area contributed by atoms with Crippen LogP contribution in [0.3, 0.4) is 0 Å². The summed E-state index contributed by atoms with van der Waals surface area (Å²) in [6, 6.07) is 1.56. The second-order valence-corrected chi connectivity index (χ2v) is 9.98. The molecule has 0 aliphatic rings. The Morgan fingerprint density at radius 2 is 1.74 bits per heavy atom. The average Bonchev–Trinajstić information content (AvgIpc) is 2.62. The van der Waals surface area contributed by atoms with Gasteiger partial charge in [0, 0.05) is 6.42 Å². The number of benzene rings is 1. The summed E-state index contributed by atoms with van der Waals surface area (Å²) in [4.78, 5) is 12.4. The minimum absolute atomic E-state index is 0.0609. The van der Waals surface area contributed by atoms with Gasteiger partial charge in [0.25, 0.3) is 0 Å². The SMILES string of the molecule is CC(C)C[C@H](CO)Nc1nc(C[C@@H](C)c2cc(F)c(Cl)cc2F)nc(NS(C)(=O)=O)n1. The smallest absolute Gasteiger partial charge is 0.241 e. The molecule has 0 unspecified atom stereocenters. The number of rotatable bonds is 10. The Morgan fingerprint density at radius 3 is 2.32 bits per heavy atom. The molecule has 0 aliphatic carbocycles. The van der Waals surface area contributed by atoms with E-state index in [1.807, 2.05) is 13.8 Å². The zero-order valence-corrected chi connectivity index (χ0v) is 19.2. The highest BCUT2D eigenvalue weighted by molar-refractivity contribution is 7.91. The second-order valence-electron chi connectivity index (χ2n) is 7.82. The summed E-state index contributed by atoms with van der Waals surface area (Å²) in [5, 5.41) is 12.3. The van der Waals surface area contributed by atoms with Crippen molar-refractivity contribution in [1.29, 1.82) is 0 Å². The molecule has 0 saturated heterocycles. The molecule has 8 nitrogen and oxygen atoms in total. The van der Waals surface area contributed by atoms with E-state index in [4.69, 9.17) is 11.6 Å². The third-order valence-corrected chi connectivity index (χ3v) is 5.17. The van der Waals surface area contributed by atoms with Crippen molar-refractivity contribution in [2.24, 2.45) is 5.92 Å².